The molecule has 0 spiro atoms. The average molecular weight is 328 g/mol. The summed E-state index contributed by atoms with van der Waals surface area (Å²) < 4.78 is 6.14. The summed E-state index contributed by atoms with van der Waals surface area (Å²) >= 11 is 3.36. The lowest BCUT2D eigenvalue weighted by molar-refractivity contribution is 0.0296. The van der Waals surface area contributed by atoms with Crippen LogP contribution in [0.4, 0.5) is 0 Å². The number of carbonyl (C=O) groups excluding carboxylic acids is 1. The molecule has 1 N–H and O–H groups in total. The second-order valence-electron chi connectivity index (χ2n) is 4.93. The van der Waals surface area contributed by atoms with Gasteiger partial charge in [-0.15, -0.1) is 0 Å². The molecule has 0 aromatic heterocycles. The van der Waals surface area contributed by atoms with Crippen LogP contribution >= 0.6 is 15.9 Å². The summed E-state index contributed by atoms with van der Waals surface area (Å²) in [4.78, 5) is 14.3. The Bertz CT molecular complexity index is 478. The van der Waals surface area contributed by atoms with Gasteiger partial charge < -0.3 is 14.7 Å². The SMILES string of the molecule is COc1cc(Br)ccc1C(=O)N1CCC(O)C(C)C1. The number of piperidine rings is 1. The maximum absolute atomic E-state index is 12.5. The van der Waals surface area contributed by atoms with Crippen molar-refractivity contribution >= 4 is 21.8 Å². The highest BCUT2D eigenvalue weighted by Crippen LogP contribution is 2.26. The van der Waals surface area contributed by atoms with Gasteiger partial charge in [-0.1, -0.05) is 22.9 Å². The Hall–Kier alpha value is -1.07. The molecule has 1 saturated heterocycles. The third-order valence-electron chi connectivity index (χ3n) is 3.54. The monoisotopic (exact) mass is 327 g/mol. The highest BCUT2D eigenvalue weighted by atomic mass is 79.9. The molecule has 1 aromatic carbocycles. The number of hydrogen-bond acceptors (Lipinski definition) is 3. The van der Waals surface area contributed by atoms with Gasteiger partial charge in [0.2, 0.25) is 0 Å². The lowest BCUT2D eigenvalue weighted by Gasteiger charge is -2.34. The van der Waals surface area contributed by atoms with E-state index in [9.17, 15) is 9.90 Å². The van der Waals surface area contributed by atoms with Crippen LogP contribution in [0.2, 0.25) is 0 Å². The highest BCUT2D eigenvalue weighted by Gasteiger charge is 2.28. The number of methoxy groups -OCH3 is 1. The van der Waals surface area contributed by atoms with Crippen molar-refractivity contribution in [2.75, 3.05) is 20.2 Å². The molecule has 0 radical (unpaired) electrons. The lowest BCUT2D eigenvalue weighted by Crippen LogP contribution is -2.45. The van der Waals surface area contributed by atoms with E-state index in [-0.39, 0.29) is 17.9 Å². The predicted molar refractivity (Wildman–Crippen MR) is 76.4 cm³/mol. The van der Waals surface area contributed by atoms with Crippen molar-refractivity contribution in [2.45, 2.75) is 19.4 Å². The summed E-state index contributed by atoms with van der Waals surface area (Å²) in [6, 6.07) is 5.38. The van der Waals surface area contributed by atoms with E-state index in [1.165, 1.54) is 0 Å². The number of likely N-dealkylation sites (tertiary alicyclic amines) is 1. The second kappa shape index (κ2) is 5.92. The number of aliphatic hydroxyl groups is 1. The van der Waals surface area contributed by atoms with E-state index in [1.54, 1.807) is 24.1 Å². The first-order chi connectivity index (χ1) is 9.02. The van der Waals surface area contributed by atoms with Crippen molar-refractivity contribution in [1.29, 1.82) is 0 Å². The van der Waals surface area contributed by atoms with Gasteiger partial charge in [0.1, 0.15) is 5.75 Å². The number of carbonyl (C=O) groups is 1. The number of ether oxygens (including phenoxy) is 1. The molecule has 1 heterocycles. The van der Waals surface area contributed by atoms with Gasteiger partial charge in [-0.25, -0.2) is 0 Å². The molecule has 2 atom stereocenters. The molecule has 2 unspecified atom stereocenters. The number of benzene rings is 1. The Morgan fingerprint density at radius 3 is 2.89 bits per heavy atom. The van der Waals surface area contributed by atoms with E-state index in [2.05, 4.69) is 15.9 Å². The normalized spacial score (nSPS) is 23.3. The summed E-state index contributed by atoms with van der Waals surface area (Å²) in [5.74, 6) is 0.639. The van der Waals surface area contributed by atoms with Crippen molar-refractivity contribution in [2.24, 2.45) is 5.92 Å². The minimum atomic E-state index is -0.309. The topological polar surface area (TPSA) is 49.8 Å². The third-order valence-corrected chi connectivity index (χ3v) is 4.03. The van der Waals surface area contributed by atoms with Crippen molar-refractivity contribution in [3.63, 3.8) is 0 Å². The Morgan fingerprint density at radius 1 is 1.53 bits per heavy atom. The summed E-state index contributed by atoms with van der Waals surface area (Å²) in [5, 5.41) is 9.72. The summed E-state index contributed by atoms with van der Waals surface area (Å²) in [6.45, 7) is 3.13. The van der Waals surface area contributed by atoms with E-state index in [0.29, 0.717) is 30.8 Å². The molecule has 0 saturated carbocycles. The van der Waals surface area contributed by atoms with Crippen molar-refractivity contribution in [3.8, 4) is 5.75 Å². The second-order valence-corrected chi connectivity index (χ2v) is 5.84. The van der Waals surface area contributed by atoms with Crippen molar-refractivity contribution < 1.29 is 14.6 Å². The van der Waals surface area contributed by atoms with Crippen LogP contribution < -0.4 is 4.74 Å². The molecule has 0 bridgehead atoms. The fourth-order valence-electron chi connectivity index (χ4n) is 2.33. The Kier molecular flexibility index (Phi) is 4.47. The summed E-state index contributed by atoms with van der Waals surface area (Å²) in [7, 11) is 1.56. The maximum Gasteiger partial charge on any atom is 0.257 e. The molecule has 4 nitrogen and oxygen atoms in total. The van der Waals surface area contributed by atoms with Gasteiger partial charge in [0.25, 0.3) is 5.91 Å². The van der Waals surface area contributed by atoms with Crippen LogP contribution in [0.3, 0.4) is 0 Å². The van der Waals surface area contributed by atoms with Gasteiger partial charge >= 0.3 is 0 Å². The minimum absolute atomic E-state index is 0.0388. The van der Waals surface area contributed by atoms with E-state index >= 15 is 0 Å². The average Bonchev–Trinajstić information content (AvgIpc) is 2.41. The zero-order valence-corrected chi connectivity index (χ0v) is 12.7. The van der Waals surface area contributed by atoms with Gasteiger partial charge in [0.05, 0.1) is 18.8 Å². The summed E-state index contributed by atoms with van der Waals surface area (Å²) in [5.41, 5.74) is 0.564. The van der Waals surface area contributed by atoms with Crippen molar-refractivity contribution in [3.05, 3.63) is 28.2 Å². The number of amides is 1. The number of aliphatic hydroxyl groups excluding tert-OH is 1. The van der Waals surface area contributed by atoms with Crippen LogP contribution in [-0.2, 0) is 0 Å². The van der Waals surface area contributed by atoms with Gasteiger partial charge in [-0.3, -0.25) is 4.79 Å². The fraction of sp³-hybridized carbons (Fsp3) is 0.500. The van der Waals surface area contributed by atoms with E-state index in [4.69, 9.17) is 4.74 Å². The number of nitrogens with zero attached hydrogens (tertiary/aromatic N) is 1. The quantitative estimate of drug-likeness (QED) is 0.906. The molecule has 1 aliphatic heterocycles. The molecule has 0 aliphatic carbocycles. The van der Waals surface area contributed by atoms with Crippen LogP contribution in [0.1, 0.15) is 23.7 Å². The minimum Gasteiger partial charge on any atom is -0.496 e. The molecular formula is C14H18BrNO3. The molecule has 1 aliphatic rings. The van der Waals surface area contributed by atoms with Crippen molar-refractivity contribution in [1.82, 2.24) is 4.90 Å². The molecular weight excluding hydrogens is 310 g/mol. The van der Waals surface area contributed by atoms with Crippen LogP contribution in [0.25, 0.3) is 0 Å². The first-order valence-electron chi connectivity index (χ1n) is 6.33. The smallest absolute Gasteiger partial charge is 0.257 e. The maximum atomic E-state index is 12.5. The highest BCUT2D eigenvalue weighted by molar-refractivity contribution is 9.10. The zero-order chi connectivity index (χ0) is 14.0. The van der Waals surface area contributed by atoms with E-state index in [1.807, 2.05) is 13.0 Å². The number of halogens is 1. The van der Waals surface area contributed by atoms with Gasteiger partial charge in [-0.2, -0.15) is 0 Å². The predicted octanol–water partition coefficient (Wildman–Crippen LogP) is 2.30. The fourth-order valence-corrected chi connectivity index (χ4v) is 2.67. The van der Waals surface area contributed by atoms with Gasteiger partial charge in [0.15, 0.2) is 0 Å². The lowest BCUT2D eigenvalue weighted by atomic mass is 9.96. The van der Waals surface area contributed by atoms with Crippen LogP contribution in [0, 0.1) is 5.92 Å². The standard InChI is InChI=1S/C14H18BrNO3/c1-9-8-16(6-5-12(9)17)14(18)11-4-3-10(15)7-13(11)19-2/h3-4,7,9,12,17H,5-6,8H2,1-2H3. The van der Waals surface area contributed by atoms with Crippen LogP contribution in [0.15, 0.2) is 22.7 Å². The molecule has 5 heteroatoms. The Morgan fingerprint density at radius 2 is 2.26 bits per heavy atom. The first kappa shape index (κ1) is 14.3. The van der Waals surface area contributed by atoms with Gasteiger partial charge in [0, 0.05) is 17.6 Å². The zero-order valence-electron chi connectivity index (χ0n) is 11.1. The third kappa shape index (κ3) is 3.09. The molecule has 1 amide bonds. The summed E-state index contributed by atoms with van der Waals surface area (Å²) in [6.07, 6.45) is 0.321. The van der Waals surface area contributed by atoms with E-state index < -0.39 is 0 Å². The van der Waals surface area contributed by atoms with Crippen LogP contribution in [-0.4, -0.2) is 42.2 Å². The first-order valence-corrected chi connectivity index (χ1v) is 7.13. The largest absolute Gasteiger partial charge is 0.496 e. The number of hydrogen-bond donors (Lipinski definition) is 1. The molecule has 1 aromatic rings. The number of rotatable bonds is 2. The molecule has 2 rings (SSSR count). The molecule has 104 valence electrons. The Balaban J connectivity index is 2.20. The van der Waals surface area contributed by atoms with E-state index in [0.717, 1.165) is 4.47 Å². The van der Waals surface area contributed by atoms with Crippen LogP contribution in [0.5, 0.6) is 5.75 Å². The molecule has 1 fully saturated rings. The van der Waals surface area contributed by atoms with Gasteiger partial charge in [-0.05, 0) is 30.5 Å². The Labute approximate surface area is 121 Å². The molecule has 19 heavy (non-hydrogen) atoms.